The number of hydrogen-bond acceptors (Lipinski definition) is 10. The molecule has 3 N–H and O–H groups in total. The maximum atomic E-state index is 12.8. The molecule has 0 aliphatic heterocycles. The number of carbonyl (C=O) groups excluding carboxylic acids is 3. The molecule has 0 rings (SSSR count). The number of alkyl halides is 8. The zero-order valence-corrected chi connectivity index (χ0v) is 19.6. The van der Waals surface area contributed by atoms with Gasteiger partial charge in [-0.25, -0.2) is 23.9 Å². The molecule has 0 spiro atoms. The lowest BCUT2D eigenvalue weighted by molar-refractivity contribution is -0.502. The van der Waals surface area contributed by atoms with Gasteiger partial charge in [0.05, 0.1) is 27.4 Å². The lowest BCUT2D eigenvalue weighted by Gasteiger charge is -2.29. The Bertz CT molecular complexity index is 679. The molecule has 0 unspecified atom stereocenters. The number of carbonyl (C=O) groups is 3. The van der Waals surface area contributed by atoms with Crippen LogP contribution in [-0.4, -0.2) is 88.6 Å². The van der Waals surface area contributed by atoms with Crippen LogP contribution in [0.1, 0.15) is 20.8 Å². The van der Waals surface area contributed by atoms with Crippen LogP contribution < -0.4 is 11.1 Å². The molecule has 0 atom stereocenters. The van der Waals surface area contributed by atoms with E-state index in [0.29, 0.717) is 26.3 Å². The number of amides is 1. The summed E-state index contributed by atoms with van der Waals surface area (Å²) in [5.41, 5.74) is 4.76. The van der Waals surface area contributed by atoms with Crippen LogP contribution in [0.4, 0.5) is 39.9 Å². The lowest BCUT2D eigenvalue weighted by Crippen LogP contribution is -2.54. The number of nitrogens with two attached hydrogens (primary N) is 1. The first-order valence-corrected chi connectivity index (χ1v) is 9.41. The fourth-order valence-corrected chi connectivity index (χ4v) is 1.49. The first-order chi connectivity index (χ1) is 16.1. The third-order valence-corrected chi connectivity index (χ3v) is 2.87. The van der Waals surface area contributed by atoms with Gasteiger partial charge >= 0.3 is 42.5 Å². The largest absolute Gasteiger partial charge is 0.463 e. The van der Waals surface area contributed by atoms with Gasteiger partial charge in [0.15, 0.2) is 0 Å². The number of rotatable bonds is 12. The molecule has 0 saturated carbocycles. The third kappa shape index (κ3) is 13.5. The van der Waals surface area contributed by atoms with Gasteiger partial charge in [-0.1, -0.05) is 0 Å². The minimum Gasteiger partial charge on any atom is -0.463 e. The van der Waals surface area contributed by atoms with Crippen LogP contribution in [0, 0.1) is 0 Å². The van der Waals surface area contributed by atoms with Crippen molar-refractivity contribution in [3.05, 3.63) is 0 Å². The zero-order valence-electron chi connectivity index (χ0n) is 19.6. The second-order valence-corrected chi connectivity index (χ2v) is 7.08. The van der Waals surface area contributed by atoms with Gasteiger partial charge in [-0.3, -0.25) is 0 Å². The number of esters is 2. The molecular formula is C17H26F8N2O9. The van der Waals surface area contributed by atoms with Gasteiger partial charge in [-0.05, 0) is 20.8 Å². The number of halogens is 8. The number of methoxy groups -OCH3 is 2. The van der Waals surface area contributed by atoms with Gasteiger partial charge in [0, 0.05) is 13.1 Å². The van der Waals surface area contributed by atoms with Crippen molar-refractivity contribution in [2.45, 2.75) is 50.8 Å². The molecule has 0 aromatic rings. The first-order valence-electron chi connectivity index (χ1n) is 9.41. The van der Waals surface area contributed by atoms with E-state index in [2.05, 4.69) is 24.3 Å². The fourth-order valence-electron chi connectivity index (χ4n) is 1.49. The summed E-state index contributed by atoms with van der Waals surface area (Å²) < 4.78 is 123. The summed E-state index contributed by atoms with van der Waals surface area (Å²) in [6.45, 7) is 7.35. The van der Waals surface area contributed by atoms with Crippen LogP contribution in [0.3, 0.4) is 0 Å². The zero-order chi connectivity index (χ0) is 29.0. The minimum absolute atomic E-state index is 0.276. The molecule has 0 aliphatic rings. The fraction of sp³-hybridized carbons (Fsp3) is 0.824. The van der Waals surface area contributed by atoms with Gasteiger partial charge in [-0.2, -0.15) is 35.1 Å². The summed E-state index contributed by atoms with van der Waals surface area (Å²) in [7, 11) is 0.551. The van der Waals surface area contributed by atoms with Crippen LogP contribution in [0.2, 0.25) is 0 Å². The Hall–Kier alpha value is -2.51. The molecule has 0 radical (unpaired) electrons. The Morgan fingerprint density at radius 1 is 0.750 bits per heavy atom. The van der Waals surface area contributed by atoms with Gasteiger partial charge in [0.2, 0.25) is 0 Å². The molecule has 214 valence electrons. The average Bonchev–Trinajstić information content (AvgIpc) is 2.69. The van der Waals surface area contributed by atoms with Crippen LogP contribution in [0.5, 0.6) is 0 Å². The van der Waals surface area contributed by atoms with Gasteiger partial charge < -0.3 is 30.0 Å². The molecule has 0 aliphatic carbocycles. The van der Waals surface area contributed by atoms with E-state index in [1.54, 1.807) is 0 Å². The van der Waals surface area contributed by atoms with Crippen LogP contribution in [0.15, 0.2) is 0 Å². The Morgan fingerprint density at radius 3 is 1.44 bits per heavy atom. The van der Waals surface area contributed by atoms with E-state index in [0.717, 1.165) is 0 Å². The summed E-state index contributed by atoms with van der Waals surface area (Å²) in [5.74, 6) is -5.63. The Labute approximate surface area is 199 Å². The molecule has 0 aromatic carbocycles. The Kier molecular flexibility index (Phi) is 14.1. The van der Waals surface area contributed by atoms with Crippen LogP contribution in [-0.2, 0) is 38.0 Å². The van der Waals surface area contributed by atoms with Crippen molar-refractivity contribution in [3.8, 4) is 0 Å². The van der Waals surface area contributed by atoms with E-state index in [4.69, 9.17) is 15.2 Å². The highest BCUT2D eigenvalue weighted by atomic mass is 19.3. The predicted octanol–water partition coefficient (Wildman–Crippen LogP) is 2.22. The number of nitrogens with one attached hydrogen (secondary N) is 1. The smallest absolute Gasteiger partial charge is 0.460 e. The molecular weight excluding hydrogens is 528 g/mol. The molecule has 0 aromatic heterocycles. The second-order valence-electron chi connectivity index (χ2n) is 7.08. The SMILES string of the molecule is CC(C)(C)OC(=O)NCCOCCN.COC(=O)C(F)(F)OC(F)(F)C(F)(F)OC(F)(F)C(=O)OC. The molecule has 0 bridgehead atoms. The minimum atomic E-state index is -6.44. The van der Waals surface area contributed by atoms with E-state index in [1.807, 2.05) is 20.8 Å². The maximum absolute atomic E-state index is 12.8. The number of alkyl carbamates (subject to hydrolysis) is 1. The molecule has 11 nitrogen and oxygen atoms in total. The summed E-state index contributed by atoms with van der Waals surface area (Å²) >= 11 is 0. The summed E-state index contributed by atoms with van der Waals surface area (Å²) in [5, 5.41) is 2.57. The summed E-state index contributed by atoms with van der Waals surface area (Å²) in [6, 6.07) is 0. The molecule has 0 saturated heterocycles. The summed E-state index contributed by atoms with van der Waals surface area (Å²) in [4.78, 5) is 31.8. The van der Waals surface area contributed by atoms with Crippen molar-refractivity contribution in [1.29, 1.82) is 0 Å². The molecule has 0 heterocycles. The van der Waals surface area contributed by atoms with Gasteiger partial charge in [0.25, 0.3) is 0 Å². The second kappa shape index (κ2) is 14.3. The summed E-state index contributed by atoms with van der Waals surface area (Å²) in [6.07, 6.45) is -24.5. The van der Waals surface area contributed by atoms with Crippen molar-refractivity contribution >= 4 is 18.0 Å². The normalized spacial score (nSPS) is 12.7. The van der Waals surface area contributed by atoms with Gasteiger partial charge in [-0.15, -0.1) is 0 Å². The topological polar surface area (TPSA) is 145 Å². The molecule has 0 fully saturated rings. The highest BCUT2D eigenvalue weighted by molar-refractivity contribution is 5.76. The highest BCUT2D eigenvalue weighted by Crippen LogP contribution is 2.43. The number of hydrogen-bond donors (Lipinski definition) is 2. The Morgan fingerprint density at radius 2 is 1.14 bits per heavy atom. The third-order valence-electron chi connectivity index (χ3n) is 2.87. The van der Waals surface area contributed by atoms with Crippen molar-refractivity contribution in [3.63, 3.8) is 0 Å². The Balaban J connectivity index is 0. The lowest BCUT2D eigenvalue weighted by atomic mass is 10.2. The van der Waals surface area contributed by atoms with E-state index in [-0.39, 0.29) is 14.2 Å². The first kappa shape index (κ1) is 35.7. The molecule has 1 amide bonds. The predicted molar refractivity (Wildman–Crippen MR) is 100 cm³/mol. The van der Waals surface area contributed by atoms with Crippen LogP contribution in [0.25, 0.3) is 0 Å². The van der Waals surface area contributed by atoms with E-state index in [9.17, 15) is 49.5 Å². The van der Waals surface area contributed by atoms with Crippen molar-refractivity contribution in [2.24, 2.45) is 5.73 Å². The van der Waals surface area contributed by atoms with E-state index in [1.165, 1.54) is 0 Å². The van der Waals surface area contributed by atoms with E-state index < -0.39 is 48.1 Å². The maximum Gasteiger partial charge on any atom is 0.460 e. The van der Waals surface area contributed by atoms with Crippen molar-refractivity contribution < 1.29 is 77.9 Å². The average molecular weight is 554 g/mol. The molecule has 36 heavy (non-hydrogen) atoms. The van der Waals surface area contributed by atoms with Gasteiger partial charge in [0.1, 0.15) is 5.60 Å². The van der Waals surface area contributed by atoms with Crippen molar-refractivity contribution in [2.75, 3.05) is 40.5 Å². The monoisotopic (exact) mass is 554 g/mol. The molecule has 19 heteroatoms. The standard InChI is InChI=1S/C9H20N2O3.C8H6F8O6/c1-9(2,3)14-8(12)11-5-7-13-6-4-10;1-19-3(17)5(9,10)21-7(13,14)8(15,16)22-6(11,12)4(18)20-2/h4-7,10H2,1-3H3,(H,11,12);1-2H3. The van der Waals surface area contributed by atoms with E-state index >= 15 is 0 Å². The number of ether oxygens (including phenoxy) is 6. The quantitative estimate of drug-likeness (QED) is 0.159. The van der Waals surface area contributed by atoms with Crippen LogP contribution >= 0.6 is 0 Å². The van der Waals surface area contributed by atoms with Crippen molar-refractivity contribution in [1.82, 2.24) is 5.32 Å². The highest BCUT2D eigenvalue weighted by Gasteiger charge is 2.70.